The second-order valence-corrected chi connectivity index (χ2v) is 8.05. The van der Waals surface area contributed by atoms with Crippen LogP contribution in [0.3, 0.4) is 0 Å². The Kier molecular flexibility index (Phi) is 5.30. The van der Waals surface area contributed by atoms with Crippen molar-refractivity contribution < 1.29 is 4.74 Å². The first-order chi connectivity index (χ1) is 13.2. The maximum Gasteiger partial charge on any atom is 0.218 e. The van der Waals surface area contributed by atoms with Crippen molar-refractivity contribution in [2.24, 2.45) is 5.41 Å². The SMILES string of the molecule is CCN1C[C@H](c2ccccc2)CC2(CCN(c3cc(OC)ncn3)CC2)C1. The summed E-state index contributed by atoms with van der Waals surface area (Å²) in [5.74, 6) is 2.27. The van der Waals surface area contributed by atoms with Crippen LogP contribution in [0.25, 0.3) is 0 Å². The number of likely N-dealkylation sites (N-methyl/N-ethyl adjacent to an activating group) is 1. The van der Waals surface area contributed by atoms with Gasteiger partial charge in [-0.1, -0.05) is 37.3 Å². The van der Waals surface area contributed by atoms with Crippen LogP contribution in [-0.4, -0.2) is 54.7 Å². The predicted octanol–water partition coefficient (Wildman–Crippen LogP) is 3.58. The summed E-state index contributed by atoms with van der Waals surface area (Å²) >= 11 is 0. The van der Waals surface area contributed by atoms with E-state index < -0.39 is 0 Å². The Labute approximate surface area is 162 Å². The largest absolute Gasteiger partial charge is 0.481 e. The molecule has 3 heterocycles. The van der Waals surface area contributed by atoms with Crippen LogP contribution < -0.4 is 9.64 Å². The van der Waals surface area contributed by atoms with Crippen molar-refractivity contribution in [3.63, 3.8) is 0 Å². The number of hydrogen-bond acceptors (Lipinski definition) is 5. The third kappa shape index (κ3) is 3.93. The van der Waals surface area contributed by atoms with Crippen LogP contribution in [0.2, 0.25) is 0 Å². The quantitative estimate of drug-likeness (QED) is 0.827. The molecule has 0 bridgehead atoms. The highest BCUT2D eigenvalue weighted by molar-refractivity contribution is 5.41. The molecule has 0 aliphatic carbocycles. The highest BCUT2D eigenvalue weighted by atomic mass is 16.5. The van der Waals surface area contributed by atoms with E-state index in [-0.39, 0.29) is 0 Å². The standard InChI is InChI=1S/C22H30N4O/c1-3-25-15-19(18-7-5-4-6-8-18)14-22(16-25)9-11-26(12-10-22)20-13-21(27-2)24-17-23-20/h4-8,13,17,19H,3,9-12,14-16H2,1-2H3/t19-/m1/s1. The summed E-state index contributed by atoms with van der Waals surface area (Å²) in [4.78, 5) is 13.6. The fraction of sp³-hybridized carbons (Fsp3) is 0.545. The van der Waals surface area contributed by atoms with E-state index in [1.165, 1.54) is 37.9 Å². The van der Waals surface area contributed by atoms with Gasteiger partial charge in [0.1, 0.15) is 12.1 Å². The lowest BCUT2D eigenvalue weighted by molar-refractivity contribution is 0.0543. The molecule has 5 heteroatoms. The Bertz CT molecular complexity index is 743. The lowest BCUT2D eigenvalue weighted by Gasteiger charge is -2.50. The minimum Gasteiger partial charge on any atom is -0.481 e. The van der Waals surface area contributed by atoms with Crippen molar-refractivity contribution in [2.75, 3.05) is 44.7 Å². The van der Waals surface area contributed by atoms with Crippen molar-refractivity contribution >= 4 is 5.82 Å². The topological polar surface area (TPSA) is 41.5 Å². The number of aromatic nitrogens is 2. The van der Waals surface area contributed by atoms with Crippen molar-refractivity contribution in [3.8, 4) is 5.88 Å². The van der Waals surface area contributed by atoms with Gasteiger partial charge < -0.3 is 14.5 Å². The van der Waals surface area contributed by atoms with Gasteiger partial charge >= 0.3 is 0 Å². The zero-order valence-electron chi connectivity index (χ0n) is 16.5. The molecule has 144 valence electrons. The number of methoxy groups -OCH3 is 1. The number of benzene rings is 1. The van der Waals surface area contributed by atoms with Crippen LogP contribution in [0.15, 0.2) is 42.7 Å². The number of likely N-dealkylation sites (tertiary alicyclic amines) is 1. The van der Waals surface area contributed by atoms with E-state index in [2.05, 4.69) is 57.0 Å². The number of rotatable bonds is 4. The molecule has 27 heavy (non-hydrogen) atoms. The van der Waals surface area contributed by atoms with E-state index in [1.54, 1.807) is 13.4 Å². The van der Waals surface area contributed by atoms with Crippen LogP contribution in [0, 0.1) is 5.41 Å². The fourth-order valence-corrected chi connectivity index (χ4v) is 4.88. The van der Waals surface area contributed by atoms with E-state index >= 15 is 0 Å². The third-order valence-electron chi connectivity index (χ3n) is 6.42. The molecule has 0 unspecified atom stereocenters. The van der Waals surface area contributed by atoms with Crippen molar-refractivity contribution in [1.29, 1.82) is 0 Å². The molecule has 1 spiro atoms. The Morgan fingerprint density at radius 3 is 2.63 bits per heavy atom. The van der Waals surface area contributed by atoms with Gasteiger partial charge in [-0.3, -0.25) is 0 Å². The summed E-state index contributed by atoms with van der Waals surface area (Å²) < 4.78 is 5.26. The minimum absolute atomic E-state index is 0.419. The van der Waals surface area contributed by atoms with Crippen LogP contribution in [0.1, 0.15) is 37.7 Å². The number of piperidine rings is 2. The molecule has 4 rings (SSSR count). The second-order valence-electron chi connectivity index (χ2n) is 8.05. The van der Waals surface area contributed by atoms with Gasteiger partial charge in [-0.2, -0.15) is 0 Å². The highest BCUT2D eigenvalue weighted by Gasteiger charge is 2.42. The summed E-state index contributed by atoms with van der Waals surface area (Å²) in [6, 6.07) is 13.0. The molecule has 1 atom stereocenters. The van der Waals surface area contributed by atoms with Gasteiger partial charge in [-0.15, -0.1) is 0 Å². The molecule has 2 saturated heterocycles. The van der Waals surface area contributed by atoms with E-state index in [0.29, 0.717) is 17.2 Å². The molecule has 2 aromatic rings. The zero-order chi connectivity index (χ0) is 18.7. The maximum atomic E-state index is 5.26. The maximum absolute atomic E-state index is 5.26. The third-order valence-corrected chi connectivity index (χ3v) is 6.42. The van der Waals surface area contributed by atoms with E-state index in [0.717, 1.165) is 25.5 Å². The molecule has 2 aliphatic rings. The molecule has 2 fully saturated rings. The van der Waals surface area contributed by atoms with E-state index in [9.17, 15) is 0 Å². The number of hydrogen-bond donors (Lipinski definition) is 0. The van der Waals surface area contributed by atoms with Crippen molar-refractivity contribution in [3.05, 3.63) is 48.3 Å². The van der Waals surface area contributed by atoms with E-state index in [4.69, 9.17) is 4.74 Å². The summed E-state index contributed by atoms with van der Waals surface area (Å²) in [6.07, 6.45) is 5.34. The lowest BCUT2D eigenvalue weighted by atomic mass is 9.68. The normalized spacial score (nSPS) is 22.7. The van der Waals surface area contributed by atoms with Gasteiger partial charge in [0.25, 0.3) is 0 Å². The molecule has 1 aromatic carbocycles. The van der Waals surface area contributed by atoms with Crippen LogP contribution in [0.5, 0.6) is 5.88 Å². The van der Waals surface area contributed by atoms with Gasteiger partial charge in [0.05, 0.1) is 7.11 Å². The summed E-state index contributed by atoms with van der Waals surface area (Å²) in [5, 5.41) is 0. The Balaban J connectivity index is 1.48. The van der Waals surface area contributed by atoms with Crippen LogP contribution in [-0.2, 0) is 0 Å². The second kappa shape index (κ2) is 7.85. The minimum atomic E-state index is 0.419. The van der Waals surface area contributed by atoms with Crippen LogP contribution in [0.4, 0.5) is 5.82 Å². The predicted molar refractivity (Wildman–Crippen MR) is 108 cm³/mol. The van der Waals surface area contributed by atoms with Gasteiger partial charge in [-0.25, -0.2) is 9.97 Å². The number of anilines is 1. The van der Waals surface area contributed by atoms with Crippen molar-refractivity contribution in [2.45, 2.75) is 32.1 Å². The lowest BCUT2D eigenvalue weighted by Crippen LogP contribution is -2.51. The fourth-order valence-electron chi connectivity index (χ4n) is 4.88. The summed E-state index contributed by atoms with van der Waals surface area (Å²) in [7, 11) is 1.66. The molecule has 0 amide bonds. The molecule has 0 radical (unpaired) electrons. The Hall–Kier alpha value is -2.14. The number of nitrogens with zero attached hydrogens (tertiary/aromatic N) is 4. The molecular weight excluding hydrogens is 336 g/mol. The highest BCUT2D eigenvalue weighted by Crippen LogP contribution is 2.45. The van der Waals surface area contributed by atoms with Gasteiger partial charge in [0.2, 0.25) is 5.88 Å². The monoisotopic (exact) mass is 366 g/mol. The average Bonchev–Trinajstić information content (AvgIpc) is 2.74. The average molecular weight is 367 g/mol. The molecule has 0 N–H and O–H groups in total. The van der Waals surface area contributed by atoms with Gasteiger partial charge in [0, 0.05) is 32.2 Å². The van der Waals surface area contributed by atoms with Gasteiger partial charge in [0.15, 0.2) is 0 Å². The first-order valence-corrected chi connectivity index (χ1v) is 10.1. The number of ether oxygens (including phenoxy) is 1. The molecule has 0 saturated carbocycles. The first-order valence-electron chi connectivity index (χ1n) is 10.1. The molecular formula is C22H30N4O. The van der Waals surface area contributed by atoms with E-state index in [1.807, 2.05) is 6.07 Å². The first kappa shape index (κ1) is 18.2. The zero-order valence-corrected chi connectivity index (χ0v) is 16.5. The van der Waals surface area contributed by atoms with Crippen LogP contribution >= 0.6 is 0 Å². The molecule has 5 nitrogen and oxygen atoms in total. The Morgan fingerprint density at radius 1 is 1.15 bits per heavy atom. The van der Waals surface area contributed by atoms with Crippen molar-refractivity contribution in [1.82, 2.24) is 14.9 Å². The molecule has 1 aromatic heterocycles. The summed E-state index contributed by atoms with van der Waals surface area (Å²) in [5.41, 5.74) is 1.92. The smallest absolute Gasteiger partial charge is 0.218 e. The van der Waals surface area contributed by atoms with Gasteiger partial charge in [-0.05, 0) is 42.7 Å². The summed E-state index contributed by atoms with van der Waals surface area (Å²) in [6.45, 7) is 7.96. The molecule has 2 aliphatic heterocycles. The Morgan fingerprint density at radius 2 is 1.93 bits per heavy atom.